The molecule has 0 aliphatic rings. The average Bonchev–Trinajstić information content (AvgIpc) is 3.18. The lowest BCUT2D eigenvalue weighted by Gasteiger charge is -2.14. The van der Waals surface area contributed by atoms with Crippen LogP contribution in [0.5, 0.6) is 5.75 Å². The summed E-state index contributed by atoms with van der Waals surface area (Å²) in [5, 5.41) is 9.43. The third kappa shape index (κ3) is 5.40. The van der Waals surface area contributed by atoms with Gasteiger partial charge in [0.15, 0.2) is 0 Å². The SMILES string of the molecule is N#Cc1ccc(C(NS(=O)(=O)c2cc3c(Cl)c(OCCN)ccc3s2)O[P+](=O)[O-])cc1F. The minimum atomic E-state index is -4.32. The van der Waals surface area contributed by atoms with Gasteiger partial charge in [-0.1, -0.05) is 17.7 Å². The van der Waals surface area contributed by atoms with Crippen LogP contribution in [0.4, 0.5) is 4.39 Å². The molecular weight excluding hydrogens is 504 g/mol. The second-order valence-electron chi connectivity index (χ2n) is 6.17. The molecule has 1 aromatic heterocycles. The van der Waals surface area contributed by atoms with Crippen LogP contribution in [-0.4, -0.2) is 21.6 Å². The molecule has 1 heterocycles. The average molecular weight is 518 g/mol. The number of hydrogen-bond donors (Lipinski definition) is 2. The first-order valence-electron chi connectivity index (χ1n) is 8.74. The zero-order valence-corrected chi connectivity index (χ0v) is 19.2. The third-order valence-electron chi connectivity index (χ3n) is 4.09. The highest BCUT2D eigenvalue weighted by Gasteiger charge is 2.29. The fourth-order valence-corrected chi connectivity index (χ4v) is 5.92. The number of hydrogen-bond acceptors (Lipinski definition) is 9. The van der Waals surface area contributed by atoms with Crippen LogP contribution in [0.2, 0.25) is 5.02 Å². The normalized spacial score (nSPS) is 13.0. The Bertz CT molecular complexity index is 1330. The predicted molar refractivity (Wildman–Crippen MR) is 114 cm³/mol. The topological polar surface area (TPSA) is 155 Å². The number of rotatable bonds is 9. The highest BCUT2D eigenvalue weighted by Crippen LogP contribution is 2.39. The summed E-state index contributed by atoms with van der Waals surface area (Å²) in [5.41, 5.74) is 4.96. The molecule has 3 aromatic rings. The van der Waals surface area contributed by atoms with E-state index in [1.54, 1.807) is 18.2 Å². The Morgan fingerprint density at radius 2 is 2.09 bits per heavy atom. The molecule has 0 fully saturated rings. The van der Waals surface area contributed by atoms with Crippen molar-refractivity contribution in [1.29, 1.82) is 5.26 Å². The fraction of sp³-hybridized carbons (Fsp3) is 0.167. The number of thiophene rings is 1. The molecule has 0 aliphatic heterocycles. The number of fused-ring (bicyclic) bond motifs is 1. The summed E-state index contributed by atoms with van der Waals surface area (Å²) >= 11 is 7.19. The molecule has 2 atom stereocenters. The maximum absolute atomic E-state index is 14.0. The monoisotopic (exact) mass is 517 g/mol. The van der Waals surface area contributed by atoms with Crippen molar-refractivity contribution in [2.45, 2.75) is 10.4 Å². The van der Waals surface area contributed by atoms with E-state index in [1.807, 2.05) is 0 Å². The van der Waals surface area contributed by atoms with E-state index in [0.29, 0.717) is 15.8 Å². The largest absolute Gasteiger partial charge is 0.566 e. The van der Waals surface area contributed by atoms with Gasteiger partial charge in [0.05, 0.1) is 10.6 Å². The summed E-state index contributed by atoms with van der Waals surface area (Å²) < 4.78 is 63.5. The van der Waals surface area contributed by atoms with Gasteiger partial charge < -0.3 is 15.4 Å². The first-order valence-corrected chi connectivity index (χ1v) is 12.5. The molecule has 168 valence electrons. The maximum atomic E-state index is 14.0. The number of nitriles is 1. The minimum absolute atomic E-state index is 0.152. The van der Waals surface area contributed by atoms with Crippen molar-refractivity contribution in [1.82, 2.24) is 4.72 Å². The number of halogens is 2. The zero-order chi connectivity index (χ0) is 23.5. The molecule has 3 rings (SSSR count). The van der Waals surface area contributed by atoms with Crippen LogP contribution in [0.1, 0.15) is 17.4 Å². The summed E-state index contributed by atoms with van der Waals surface area (Å²) in [6, 6.07) is 9.18. The number of ether oxygens (including phenoxy) is 1. The van der Waals surface area contributed by atoms with E-state index in [0.717, 1.165) is 23.5 Å². The van der Waals surface area contributed by atoms with Crippen molar-refractivity contribution in [3.05, 3.63) is 58.4 Å². The van der Waals surface area contributed by atoms with E-state index in [1.165, 1.54) is 12.1 Å². The molecule has 9 nitrogen and oxygen atoms in total. The van der Waals surface area contributed by atoms with E-state index in [2.05, 4.69) is 9.25 Å². The third-order valence-corrected chi connectivity index (χ3v) is 7.84. The number of benzene rings is 2. The first kappa shape index (κ1) is 24.4. The molecular formula is C18H14ClFN3O6PS2. The van der Waals surface area contributed by atoms with Crippen LogP contribution >= 0.6 is 31.2 Å². The molecule has 14 heteroatoms. The van der Waals surface area contributed by atoms with Crippen LogP contribution in [0.3, 0.4) is 0 Å². The van der Waals surface area contributed by atoms with Crippen molar-refractivity contribution in [3.63, 3.8) is 0 Å². The lowest BCUT2D eigenvalue weighted by Crippen LogP contribution is -2.29. The zero-order valence-electron chi connectivity index (χ0n) is 15.9. The van der Waals surface area contributed by atoms with Crippen molar-refractivity contribution in [2.24, 2.45) is 5.73 Å². The number of nitrogens with one attached hydrogen (secondary N) is 1. The van der Waals surface area contributed by atoms with Gasteiger partial charge in [-0.3, -0.25) is 0 Å². The second kappa shape index (κ2) is 10.2. The van der Waals surface area contributed by atoms with Gasteiger partial charge in [-0.25, -0.2) is 12.8 Å². The van der Waals surface area contributed by atoms with Gasteiger partial charge in [-0.2, -0.15) is 9.98 Å². The predicted octanol–water partition coefficient (Wildman–Crippen LogP) is 2.91. The Hall–Kier alpha value is -2.20. The second-order valence-corrected chi connectivity index (χ2v) is 10.2. The van der Waals surface area contributed by atoms with Gasteiger partial charge in [-0.05, 0) is 34.9 Å². The van der Waals surface area contributed by atoms with Gasteiger partial charge in [0.25, 0.3) is 10.0 Å². The molecule has 2 aromatic carbocycles. The van der Waals surface area contributed by atoms with E-state index in [-0.39, 0.29) is 33.5 Å². The van der Waals surface area contributed by atoms with Gasteiger partial charge in [0, 0.05) is 22.2 Å². The summed E-state index contributed by atoms with van der Waals surface area (Å²) in [7, 11) is -7.82. The molecule has 2 unspecified atom stereocenters. The number of nitrogens with two attached hydrogens (primary N) is 1. The Balaban J connectivity index is 1.97. The first-order chi connectivity index (χ1) is 15.2. The minimum Gasteiger partial charge on any atom is -0.566 e. The lowest BCUT2D eigenvalue weighted by molar-refractivity contribution is -0.190. The number of nitrogens with zero attached hydrogens (tertiary/aromatic N) is 1. The van der Waals surface area contributed by atoms with Gasteiger partial charge >= 0.3 is 8.25 Å². The molecule has 0 bridgehead atoms. The van der Waals surface area contributed by atoms with E-state index >= 15 is 0 Å². The Morgan fingerprint density at radius 3 is 2.72 bits per heavy atom. The fourth-order valence-electron chi connectivity index (χ4n) is 2.67. The molecule has 0 saturated heterocycles. The molecule has 0 saturated carbocycles. The van der Waals surface area contributed by atoms with Crippen LogP contribution in [-0.2, 0) is 19.1 Å². The molecule has 0 amide bonds. The quantitative estimate of drug-likeness (QED) is 0.324. The Morgan fingerprint density at radius 1 is 1.34 bits per heavy atom. The van der Waals surface area contributed by atoms with Crippen LogP contribution in [0.25, 0.3) is 10.1 Å². The summed E-state index contributed by atoms with van der Waals surface area (Å²) in [6.45, 7) is 0.483. The van der Waals surface area contributed by atoms with Crippen molar-refractivity contribution in [2.75, 3.05) is 13.2 Å². The van der Waals surface area contributed by atoms with E-state index in [4.69, 9.17) is 27.3 Å². The van der Waals surface area contributed by atoms with E-state index < -0.39 is 30.3 Å². The van der Waals surface area contributed by atoms with E-state index in [9.17, 15) is 22.3 Å². The number of sulfonamides is 1. The smallest absolute Gasteiger partial charge is 0.490 e. The lowest BCUT2D eigenvalue weighted by atomic mass is 10.1. The van der Waals surface area contributed by atoms with Crippen molar-refractivity contribution >= 4 is 51.3 Å². The van der Waals surface area contributed by atoms with Crippen LogP contribution in [0.15, 0.2) is 40.6 Å². The molecule has 0 radical (unpaired) electrons. The van der Waals surface area contributed by atoms with Crippen LogP contribution in [0, 0.1) is 17.1 Å². The highest BCUT2D eigenvalue weighted by molar-refractivity contribution is 7.91. The van der Waals surface area contributed by atoms with Crippen LogP contribution < -0.4 is 20.1 Å². The molecule has 3 N–H and O–H groups in total. The summed E-state index contributed by atoms with van der Waals surface area (Å²) in [5.74, 6) is -0.630. The Kier molecular flexibility index (Phi) is 7.76. The van der Waals surface area contributed by atoms with Crippen molar-refractivity contribution in [3.8, 4) is 11.8 Å². The summed E-state index contributed by atoms with van der Waals surface area (Å²) in [4.78, 5) is 11.1. The maximum Gasteiger partial charge on any atom is 0.490 e. The summed E-state index contributed by atoms with van der Waals surface area (Å²) in [6.07, 6.45) is -1.76. The molecule has 32 heavy (non-hydrogen) atoms. The Labute approximate surface area is 192 Å². The molecule has 0 spiro atoms. The van der Waals surface area contributed by atoms with Crippen molar-refractivity contribution < 1.29 is 31.5 Å². The highest BCUT2D eigenvalue weighted by atomic mass is 35.5. The molecule has 0 aliphatic carbocycles. The standard InChI is InChI=1S/C18H14ClFN3O6PS2/c19-17-12-8-16(31-15(12)4-3-14(17)28-6-5-21)32(26,27)23-18(29-30(24)25)10-1-2-11(9-22)13(20)7-10/h1-4,7-8,18,23H,5-6,21H2. The van der Waals surface area contributed by atoms with Gasteiger partial charge in [0.2, 0.25) is 6.23 Å². The van der Waals surface area contributed by atoms with Gasteiger partial charge in [0.1, 0.15) is 28.5 Å². The van der Waals surface area contributed by atoms with Gasteiger partial charge in [-0.15, -0.1) is 15.9 Å².